The first-order chi connectivity index (χ1) is 5.61. The molecule has 1 rings (SSSR count). The molecular weight excluding hydrogens is 158 g/mol. The predicted octanol–water partition coefficient (Wildman–Crippen LogP) is 0.803. The summed E-state index contributed by atoms with van der Waals surface area (Å²) in [4.78, 5) is 10.2. The van der Waals surface area contributed by atoms with E-state index in [0.717, 1.165) is 19.3 Å². The van der Waals surface area contributed by atoms with Gasteiger partial charge in [-0.25, -0.2) is 4.79 Å². The maximum atomic E-state index is 10.2. The van der Waals surface area contributed by atoms with Gasteiger partial charge in [0, 0.05) is 0 Å². The normalized spacial score (nSPS) is 22.5. The van der Waals surface area contributed by atoms with Crippen molar-refractivity contribution < 1.29 is 15.0 Å². The second-order valence-corrected chi connectivity index (χ2v) is 3.42. The second-order valence-electron chi connectivity index (χ2n) is 3.42. The molecule has 0 saturated heterocycles. The molecule has 2 atom stereocenters. The van der Waals surface area contributed by atoms with Crippen molar-refractivity contribution in [1.82, 2.24) is 5.32 Å². The van der Waals surface area contributed by atoms with E-state index >= 15 is 0 Å². The third kappa shape index (κ3) is 2.11. The van der Waals surface area contributed by atoms with Crippen LogP contribution in [0.2, 0.25) is 0 Å². The molecule has 1 saturated carbocycles. The Morgan fingerprint density at radius 2 is 2.17 bits per heavy atom. The summed E-state index contributed by atoms with van der Waals surface area (Å²) in [6.07, 6.45) is 1.61. The minimum absolute atomic E-state index is 0.298. The molecule has 1 aliphatic rings. The van der Waals surface area contributed by atoms with Crippen molar-refractivity contribution in [3.8, 4) is 0 Å². The Hall–Kier alpha value is -0.770. The van der Waals surface area contributed by atoms with Gasteiger partial charge in [-0.05, 0) is 25.7 Å². The quantitative estimate of drug-likeness (QED) is 0.591. The Morgan fingerprint density at radius 3 is 2.50 bits per heavy atom. The maximum absolute atomic E-state index is 10.2. The molecule has 0 aliphatic heterocycles. The highest BCUT2D eigenvalue weighted by Gasteiger charge is 2.30. The summed E-state index contributed by atoms with van der Waals surface area (Å²) in [5.41, 5.74) is 0. The molecule has 4 heteroatoms. The lowest BCUT2D eigenvalue weighted by atomic mass is 9.79. The summed E-state index contributed by atoms with van der Waals surface area (Å²) in [6, 6.07) is -0.354. The van der Waals surface area contributed by atoms with Gasteiger partial charge in [0.25, 0.3) is 0 Å². The van der Waals surface area contributed by atoms with Gasteiger partial charge in [0.1, 0.15) is 0 Å². The summed E-state index contributed by atoms with van der Waals surface area (Å²) in [5, 5.41) is 20.2. The summed E-state index contributed by atoms with van der Waals surface area (Å²) in [5.74, 6) is 0.298. The lowest BCUT2D eigenvalue weighted by Crippen LogP contribution is -2.45. The van der Waals surface area contributed by atoms with Gasteiger partial charge < -0.3 is 15.5 Å². The van der Waals surface area contributed by atoms with Crippen LogP contribution in [0.25, 0.3) is 0 Å². The first-order valence-electron chi connectivity index (χ1n) is 4.29. The third-order valence-electron chi connectivity index (χ3n) is 2.50. The van der Waals surface area contributed by atoms with Crippen LogP contribution in [0.3, 0.4) is 0 Å². The van der Waals surface area contributed by atoms with E-state index in [1.807, 2.05) is 0 Å². The molecule has 4 nitrogen and oxygen atoms in total. The van der Waals surface area contributed by atoms with Crippen LogP contribution in [0.5, 0.6) is 0 Å². The average molecular weight is 173 g/mol. The predicted molar refractivity (Wildman–Crippen MR) is 44.0 cm³/mol. The molecule has 3 N–H and O–H groups in total. The number of carboxylic acid groups (broad SMARTS) is 1. The summed E-state index contributed by atoms with van der Waals surface area (Å²) >= 11 is 0. The van der Waals surface area contributed by atoms with Crippen LogP contribution in [-0.2, 0) is 0 Å². The van der Waals surface area contributed by atoms with Gasteiger partial charge in [-0.3, -0.25) is 0 Å². The number of nitrogens with one attached hydrogen (secondary N) is 1. The van der Waals surface area contributed by atoms with Crippen molar-refractivity contribution in [3.05, 3.63) is 0 Å². The van der Waals surface area contributed by atoms with Gasteiger partial charge in [0.15, 0.2) is 0 Å². The minimum Gasteiger partial charge on any atom is -0.465 e. The van der Waals surface area contributed by atoms with E-state index in [9.17, 15) is 9.90 Å². The number of rotatable bonds is 3. The van der Waals surface area contributed by atoms with Gasteiger partial charge in [-0.2, -0.15) is 0 Å². The van der Waals surface area contributed by atoms with Gasteiger partial charge in [0.2, 0.25) is 0 Å². The van der Waals surface area contributed by atoms with Crippen LogP contribution < -0.4 is 5.32 Å². The largest absolute Gasteiger partial charge is 0.465 e. The first kappa shape index (κ1) is 9.32. The molecule has 70 valence electrons. The van der Waals surface area contributed by atoms with Crippen molar-refractivity contribution in [2.75, 3.05) is 0 Å². The van der Waals surface area contributed by atoms with E-state index in [-0.39, 0.29) is 6.04 Å². The smallest absolute Gasteiger partial charge is 0.404 e. The molecule has 0 radical (unpaired) electrons. The molecule has 0 spiro atoms. The van der Waals surface area contributed by atoms with Crippen LogP contribution >= 0.6 is 0 Å². The number of hydrogen-bond donors (Lipinski definition) is 3. The molecule has 1 fully saturated rings. The molecule has 1 aliphatic carbocycles. The Bertz CT molecular complexity index is 168. The Kier molecular flexibility index (Phi) is 2.92. The summed E-state index contributed by atoms with van der Waals surface area (Å²) in [6.45, 7) is 1.69. The number of amides is 1. The van der Waals surface area contributed by atoms with Crippen LogP contribution in [0, 0.1) is 5.92 Å². The molecule has 2 unspecified atom stereocenters. The SMILES string of the molecule is CC(NC(=O)O)C(O)C1CCC1. The fourth-order valence-electron chi connectivity index (χ4n) is 1.47. The molecule has 0 bridgehead atoms. The van der Waals surface area contributed by atoms with Crippen molar-refractivity contribution in [2.24, 2.45) is 5.92 Å². The Balaban J connectivity index is 2.29. The number of carbonyl (C=O) groups is 1. The molecule has 12 heavy (non-hydrogen) atoms. The van der Waals surface area contributed by atoms with Gasteiger partial charge in [-0.1, -0.05) is 6.42 Å². The van der Waals surface area contributed by atoms with E-state index in [4.69, 9.17) is 5.11 Å². The van der Waals surface area contributed by atoms with E-state index in [1.165, 1.54) is 0 Å². The highest BCUT2D eigenvalue weighted by Crippen LogP contribution is 2.30. The Labute approximate surface area is 71.6 Å². The number of hydrogen-bond acceptors (Lipinski definition) is 2. The zero-order valence-electron chi connectivity index (χ0n) is 7.16. The topological polar surface area (TPSA) is 69.6 Å². The maximum Gasteiger partial charge on any atom is 0.404 e. The van der Waals surface area contributed by atoms with Crippen molar-refractivity contribution in [2.45, 2.75) is 38.3 Å². The minimum atomic E-state index is -1.07. The van der Waals surface area contributed by atoms with Gasteiger partial charge >= 0.3 is 6.09 Å². The first-order valence-corrected chi connectivity index (χ1v) is 4.29. The molecular formula is C8H15NO3. The lowest BCUT2D eigenvalue weighted by Gasteiger charge is -2.33. The zero-order chi connectivity index (χ0) is 9.14. The monoisotopic (exact) mass is 173 g/mol. The highest BCUT2D eigenvalue weighted by atomic mass is 16.4. The van der Waals surface area contributed by atoms with Crippen LogP contribution in [0.4, 0.5) is 4.79 Å². The van der Waals surface area contributed by atoms with Crippen molar-refractivity contribution >= 4 is 6.09 Å². The van der Waals surface area contributed by atoms with Crippen molar-refractivity contribution in [3.63, 3.8) is 0 Å². The van der Waals surface area contributed by atoms with Gasteiger partial charge in [-0.15, -0.1) is 0 Å². The zero-order valence-corrected chi connectivity index (χ0v) is 7.16. The molecule has 0 aromatic carbocycles. The van der Waals surface area contributed by atoms with E-state index in [2.05, 4.69) is 5.32 Å². The van der Waals surface area contributed by atoms with E-state index in [0.29, 0.717) is 5.92 Å². The number of aliphatic hydroxyl groups is 1. The van der Waals surface area contributed by atoms with Crippen LogP contribution in [-0.4, -0.2) is 28.5 Å². The van der Waals surface area contributed by atoms with Crippen LogP contribution in [0.1, 0.15) is 26.2 Å². The standard InChI is InChI=1S/C8H15NO3/c1-5(9-8(11)12)7(10)6-3-2-4-6/h5-7,9-10H,2-4H2,1H3,(H,11,12). The highest BCUT2D eigenvalue weighted by molar-refractivity contribution is 5.64. The van der Waals surface area contributed by atoms with E-state index < -0.39 is 12.2 Å². The fourth-order valence-corrected chi connectivity index (χ4v) is 1.47. The average Bonchev–Trinajstić information content (AvgIpc) is 1.81. The lowest BCUT2D eigenvalue weighted by molar-refractivity contribution is 0.0363. The second kappa shape index (κ2) is 3.76. The van der Waals surface area contributed by atoms with Crippen molar-refractivity contribution in [1.29, 1.82) is 0 Å². The summed E-state index contributed by atoms with van der Waals surface area (Å²) < 4.78 is 0. The molecule has 0 heterocycles. The Morgan fingerprint density at radius 1 is 1.58 bits per heavy atom. The van der Waals surface area contributed by atoms with Gasteiger partial charge in [0.05, 0.1) is 12.1 Å². The number of aliphatic hydroxyl groups excluding tert-OH is 1. The fraction of sp³-hybridized carbons (Fsp3) is 0.875. The molecule has 0 aromatic heterocycles. The van der Waals surface area contributed by atoms with E-state index in [1.54, 1.807) is 6.92 Å². The van der Waals surface area contributed by atoms with Crippen LogP contribution in [0.15, 0.2) is 0 Å². The molecule has 0 aromatic rings. The molecule has 1 amide bonds. The third-order valence-corrected chi connectivity index (χ3v) is 2.50. The summed E-state index contributed by atoms with van der Waals surface area (Å²) in [7, 11) is 0.